The van der Waals surface area contributed by atoms with Crippen LogP contribution < -0.4 is 24.8 Å². The van der Waals surface area contributed by atoms with E-state index in [1.54, 1.807) is 23.1 Å². The molecule has 2 N–H and O–H groups in total. The summed E-state index contributed by atoms with van der Waals surface area (Å²) in [5.74, 6) is 0.00244. The molecule has 2 aliphatic rings. The predicted octanol–water partition coefficient (Wildman–Crippen LogP) is 2.39. The smallest absolute Gasteiger partial charge is 0.418 e. The molecular weight excluding hydrogens is 533 g/mol. The summed E-state index contributed by atoms with van der Waals surface area (Å²) in [5.41, 5.74) is -1.43. The van der Waals surface area contributed by atoms with Crippen LogP contribution in [0.1, 0.15) is 17.5 Å². The van der Waals surface area contributed by atoms with Crippen LogP contribution in [-0.2, 0) is 17.4 Å². The highest BCUT2D eigenvalue weighted by molar-refractivity contribution is 5.97. The molecule has 5 rings (SSSR count). The van der Waals surface area contributed by atoms with Crippen molar-refractivity contribution in [3.8, 4) is 28.4 Å². The molecule has 0 bridgehead atoms. The Morgan fingerprint density at radius 2 is 1.80 bits per heavy atom. The molecule has 0 saturated carbocycles. The van der Waals surface area contributed by atoms with Crippen LogP contribution in [0.15, 0.2) is 41.2 Å². The highest BCUT2D eigenvalue weighted by Crippen LogP contribution is 2.39. The van der Waals surface area contributed by atoms with Crippen molar-refractivity contribution >= 4 is 17.3 Å². The molecule has 1 atom stereocenters. The Bertz CT molecular complexity index is 1500. The van der Waals surface area contributed by atoms with E-state index in [1.165, 1.54) is 26.4 Å². The lowest BCUT2D eigenvalue weighted by Crippen LogP contribution is -2.37. The number of hydrogen-bond acceptors (Lipinski definition) is 8. The van der Waals surface area contributed by atoms with E-state index in [2.05, 4.69) is 5.10 Å². The summed E-state index contributed by atoms with van der Waals surface area (Å²) in [7, 11) is 2.88. The normalized spacial score (nSPS) is 16.8. The number of aliphatic hydroxyl groups is 2. The van der Waals surface area contributed by atoms with Crippen LogP contribution in [0.25, 0.3) is 16.9 Å². The number of hydrogen-bond donors (Lipinski definition) is 2. The molecule has 0 radical (unpaired) electrons. The lowest BCUT2D eigenvalue weighted by molar-refractivity contribution is -0.137. The van der Waals surface area contributed by atoms with Gasteiger partial charge >= 0.3 is 6.18 Å². The first kappa shape index (κ1) is 27.5. The van der Waals surface area contributed by atoms with Gasteiger partial charge < -0.3 is 29.5 Å². The van der Waals surface area contributed by atoms with Crippen LogP contribution in [0.2, 0.25) is 0 Å². The molecule has 0 spiro atoms. The number of fused-ring (bicyclic) bond motifs is 1. The Balaban J connectivity index is 1.81. The standard InChI is InChI=1S/C27H27F3N4O6/c1-39-18-9-15(10-19(12-18)40-2)24-20-6-8-33(23(37)14-35)25(20)26(38)34(31-24)22-11-16(32-7-5-17(36)13-32)3-4-21(22)27(28,29)30/h3-4,9-12,17,35-36H,5-8,13-14H2,1-2H3. The summed E-state index contributed by atoms with van der Waals surface area (Å²) < 4.78 is 54.1. The first-order valence-corrected chi connectivity index (χ1v) is 12.5. The molecule has 3 heterocycles. The van der Waals surface area contributed by atoms with E-state index < -0.39 is 41.6 Å². The number of nitrogens with zero attached hydrogens (tertiary/aromatic N) is 4. The Morgan fingerprint density at radius 1 is 1.10 bits per heavy atom. The Hall–Kier alpha value is -4.10. The number of ether oxygens (including phenoxy) is 2. The number of benzene rings is 2. The molecule has 1 aromatic heterocycles. The topological polar surface area (TPSA) is 117 Å². The number of halogens is 3. The maximum Gasteiger partial charge on any atom is 0.418 e. The van der Waals surface area contributed by atoms with Gasteiger partial charge in [0.25, 0.3) is 11.5 Å². The average Bonchev–Trinajstić information content (AvgIpc) is 3.59. The molecule has 2 aliphatic heterocycles. The van der Waals surface area contributed by atoms with Crippen LogP contribution >= 0.6 is 0 Å². The van der Waals surface area contributed by atoms with Gasteiger partial charge in [-0.15, -0.1) is 0 Å². The third kappa shape index (κ3) is 4.86. The number of methoxy groups -OCH3 is 2. The van der Waals surface area contributed by atoms with Gasteiger partial charge in [-0.1, -0.05) is 0 Å². The number of carbonyl (C=O) groups excluding carboxylic acids is 1. The minimum absolute atomic E-state index is 0.0433. The van der Waals surface area contributed by atoms with Crippen molar-refractivity contribution in [1.29, 1.82) is 0 Å². The fourth-order valence-corrected chi connectivity index (χ4v) is 5.18. The molecule has 212 valence electrons. The SMILES string of the molecule is COc1cc(OC)cc(-c2nn(-c3cc(N4CCC(O)C4)ccc3C(F)(F)F)c(=O)c3c2CCN3C(=O)CO)c1. The summed E-state index contributed by atoms with van der Waals surface area (Å²) in [5, 5.41) is 23.9. The van der Waals surface area contributed by atoms with Crippen molar-refractivity contribution in [3.63, 3.8) is 0 Å². The van der Waals surface area contributed by atoms with E-state index in [4.69, 9.17) is 9.47 Å². The molecule has 1 amide bonds. The third-order valence-electron chi connectivity index (χ3n) is 7.13. The van der Waals surface area contributed by atoms with Gasteiger partial charge in [0, 0.05) is 42.5 Å². The van der Waals surface area contributed by atoms with Crippen molar-refractivity contribution in [1.82, 2.24) is 9.78 Å². The highest BCUT2D eigenvalue weighted by atomic mass is 19.4. The van der Waals surface area contributed by atoms with E-state index >= 15 is 0 Å². The zero-order valence-electron chi connectivity index (χ0n) is 21.7. The molecule has 40 heavy (non-hydrogen) atoms. The van der Waals surface area contributed by atoms with Gasteiger partial charge in [-0.3, -0.25) is 9.59 Å². The molecule has 1 fully saturated rings. The lowest BCUT2D eigenvalue weighted by atomic mass is 10.0. The van der Waals surface area contributed by atoms with Gasteiger partial charge in [0.2, 0.25) is 0 Å². The number of rotatable bonds is 6. The second-order valence-electron chi connectivity index (χ2n) is 9.54. The molecule has 1 saturated heterocycles. The Morgan fingerprint density at radius 3 is 2.38 bits per heavy atom. The van der Waals surface area contributed by atoms with Crippen LogP contribution in [0.3, 0.4) is 0 Å². The Kier molecular flexibility index (Phi) is 7.19. The minimum atomic E-state index is -4.83. The monoisotopic (exact) mass is 560 g/mol. The number of carbonyl (C=O) groups is 1. The van der Waals surface area contributed by atoms with Gasteiger partial charge in [-0.05, 0) is 43.2 Å². The predicted molar refractivity (Wildman–Crippen MR) is 139 cm³/mol. The van der Waals surface area contributed by atoms with E-state index in [9.17, 15) is 33.0 Å². The number of aromatic nitrogens is 2. The molecular formula is C27H27F3N4O6. The zero-order chi connectivity index (χ0) is 28.8. The largest absolute Gasteiger partial charge is 0.497 e. The van der Waals surface area contributed by atoms with Crippen LogP contribution in [0.4, 0.5) is 24.5 Å². The lowest BCUT2D eigenvalue weighted by Gasteiger charge is -2.23. The average molecular weight is 561 g/mol. The maximum atomic E-state index is 14.3. The first-order chi connectivity index (χ1) is 19.0. The number of β-amino-alcohol motifs (C(OH)–C–C–N with tert-alkyl or cyclic N) is 1. The molecule has 10 nitrogen and oxygen atoms in total. The summed E-state index contributed by atoms with van der Waals surface area (Å²) in [6.45, 7) is -0.192. The van der Waals surface area contributed by atoms with Crippen molar-refractivity contribution in [2.24, 2.45) is 0 Å². The van der Waals surface area contributed by atoms with Crippen LogP contribution in [0, 0.1) is 0 Å². The molecule has 2 aromatic carbocycles. The number of aliphatic hydroxyl groups excluding tert-OH is 2. The highest BCUT2D eigenvalue weighted by Gasteiger charge is 2.38. The van der Waals surface area contributed by atoms with Gasteiger partial charge in [-0.2, -0.15) is 23.0 Å². The first-order valence-electron chi connectivity index (χ1n) is 12.5. The third-order valence-corrected chi connectivity index (χ3v) is 7.13. The maximum absolute atomic E-state index is 14.3. The van der Waals surface area contributed by atoms with Gasteiger partial charge in [-0.25, -0.2) is 0 Å². The fraction of sp³-hybridized carbons (Fsp3) is 0.370. The quantitative estimate of drug-likeness (QED) is 0.472. The van der Waals surface area contributed by atoms with E-state index in [0.29, 0.717) is 46.0 Å². The molecule has 13 heteroatoms. The molecule has 1 unspecified atom stereocenters. The second kappa shape index (κ2) is 10.5. The van der Waals surface area contributed by atoms with Crippen molar-refractivity contribution in [3.05, 3.63) is 57.9 Å². The fourth-order valence-electron chi connectivity index (χ4n) is 5.18. The molecule has 3 aromatic rings. The van der Waals surface area contributed by atoms with Gasteiger partial charge in [0.15, 0.2) is 0 Å². The van der Waals surface area contributed by atoms with Crippen molar-refractivity contribution < 1.29 is 37.7 Å². The van der Waals surface area contributed by atoms with Crippen molar-refractivity contribution in [2.45, 2.75) is 25.1 Å². The van der Waals surface area contributed by atoms with Crippen molar-refractivity contribution in [2.75, 3.05) is 50.3 Å². The summed E-state index contributed by atoms with van der Waals surface area (Å²) in [6.07, 6.45) is -4.82. The van der Waals surface area contributed by atoms with Gasteiger partial charge in [0.05, 0.1) is 37.3 Å². The summed E-state index contributed by atoms with van der Waals surface area (Å²) in [6, 6.07) is 8.19. The van der Waals surface area contributed by atoms with Gasteiger partial charge in [0.1, 0.15) is 23.8 Å². The zero-order valence-corrected chi connectivity index (χ0v) is 21.7. The second-order valence-corrected chi connectivity index (χ2v) is 9.54. The summed E-state index contributed by atoms with van der Waals surface area (Å²) >= 11 is 0. The number of amides is 1. The van der Waals surface area contributed by atoms with Crippen LogP contribution in [0.5, 0.6) is 11.5 Å². The minimum Gasteiger partial charge on any atom is -0.497 e. The van der Waals surface area contributed by atoms with E-state index in [-0.39, 0.29) is 30.9 Å². The molecule has 0 aliphatic carbocycles. The number of alkyl halides is 3. The number of anilines is 2. The summed E-state index contributed by atoms with van der Waals surface area (Å²) in [4.78, 5) is 29.2. The van der Waals surface area contributed by atoms with E-state index in [0.717, 1.165) is 11.0 Å². The van der Waals surface area contributed by atoms with E-state index in [1.807, 2.05) is 0 Å². The van der Waals surface area contributed by atoms with Crippen LogP contribution in [-0.4, -0.2) is 72.5 Å². The Labute approximate surface area is 226 Å².